The topological polar surface area (TPSA) is 59.8 Å². The lowest BCUT2D eigenvalue weighted by Gasteiger charge is -2.38. The first-order chi connectivity index (χ1) is 11.1. The molecule has 1 aliphatic carbocycles. The molecule has 0 aromatic heterocycles. The molecule has 1 saturated heterocycles. The number of hydrogen-bond donors (Lipinski definition) is 2. The van der Waals surface area contributed by atoms with Gasteiger partial charge in [-0.05, 0) is 37.1 Å². The van der Waals surface area contributed by atoms with Crippen molar-refractivity contribution in [1.82, 2.24) is 4.72 Å². The normalized spacial score (nSPS) is 27.0. The molecule has 0 radical (unpaired) electrons. The maximum atomic E-state index is 12.7. The van der Waals surface area contributed by atoms with Crippen LogP contribution in [0.15, 0.2) is 29.2 Å². The quantitative estimate of drug-likeness (QED) is 0.837. The van der Waals surface area contributed by atoms with Crippen molar-refractivity contribution in [2.24, 2.45) is 0 Å². The van der Waals surface area contributed by atoms with E-state index in [4.69, 9.17) is 16.3 Å². The van der Waals surface area contributed by atoms with E-state index < -0.39 is 10.0 Å². The molecule has 7 heteroatoms. The van der Waals surface area contributed by atoms with Crippen molar-refractivity contribution in [1.29, 1.82) is 0 Å². The monoisotopic (exact) mass is 359 g/mol. The van der Waals surface area contributed by atoms with Gasteiger partial charge in [-0.2, -0.15) is 0 Å². The molecular weight excluding hydrogens is 336 g/mol. The van der Waals surface area contributed by atoms with Gasteiger partial charge in [0.15, 0.2) is 0 Å². The number of sulfonamides is 1. The second kappa shape index (κ2) is 7.49. The summed E-state index contributed by atoms with van der Waals surface area (Å²) in [6, 6.07) is 6.68. The first-order valence-corrected chi connectivity index (χ1v) is 10.1. The highest BCUT2D eigenvalue weighted by Gasteiger charge is 2.36. The van der Waals surface area contributed by atoms with Gasteiger partial charge >= 0.3 is 0 Å². The van der Waals surface area contributed by atoms with Gasteiger partial charge in [-0.3, -0.25) is 0 Å². The smallest absolute Gasteiger partial charge is 0.241 e. The molecule has 0 unspecified atom stereocenters. The molecule has 3 rings (SSSR count). The number of nitrogens with one attached hydrogen (secondary N) is 2. The third-order valence-corrected chi connectivity index (χ3v) is 6.61. The van der Waals surface area contributed by atoms with Gasteiger partial charge in [-0.25, -0.2) is 13.1 Å². The lowest BCUT2D eigenvalue weighted by Crippen LogP contribution is -3.19. The average molecular weight is 360 g/mol. The zero-order valence-corrected chi connectivity index (χ0v) is 14.7. The Balaban J connectivity index is 1.74. The minimum Gasteiger partial charge on any atom is -0.370 e. The number of halogens is 1. The van der Waals surface area contributed by atoms with Gasteiger partial charge in [-0.15, -0.1) is 0 Å². The SMILES string of the molecule is O=S(=O)(N[C@H]1CCCC[C@@H]1[NH+]1CCOCC1)c1ccc(Cl)cc1. The van der Waals surface area contributed by atoms with Crippen LogP contribution in [0.3, 0.4) is 0 Å². The summed E-state index contributed by atoms with van der Waals surface area (Å²) in [5, 5.41) is 0.539. The Morgan fingerprint density at radius 3 is 2.43 bits per heavy atom. The van der Waals surface area contributed by atoms with E-state index in [1.165, 1.54) is 11.3 Å². The zero-order valence-electron chi connectivity index (χ0n) is 13.1. The van der Waals surface area contributed by atoms with E-state index in [1.807, 2.05) is 0 Å². The highest BCUT2D eigenvalue weighted by Crippen LogP contribution is 2.20. The van der Waals surface area contributed by atoms with Crippen LogP contribution in [0.25, 0.3) is 0 Å². The highest BCUT2D eigenvalue weighted by atomic mass is 35.5. The van der Waals surface area contributed by atoms with Crippen molar-refractivity contribution in [2.75, 3.05) is 26.3 Å². The van der Waals surface area contributed by atoms with E-state index in [9.17, 15) is 8.42 Å². The summed E-state index contributed by atoms with van der Waals surface area (Å²) in [5.74, 6) is 0. The molecule has 1 saturated carbocycles. The molecule has 0 amide bonds. The molecule has 23 heavy (non-hydrogen) atoms. The fourth-order valence-corrected chi connectivity index (χ4v) is 5.08. The van der Waals surface area contributed by atoms with Crippen LogP contribution in [0.4, 0.5) is 0 Å². The summed E-state index contributed by atoms with van der Waals surface area (Å²) in [6.07, 6.45) is 4.23. The van der Waals surface area contributed by atoms with Crippen LogP contribution in [0.2, 0.25) is 5.02 Å². The van der Waals surface area contributed by atoms with Crippen molar-refractivity contribution < 1.29 is 18.1 Å². The summed E-state index contributed by atoms with van der Waals surface area (Å²) in [7, 11) is -3.50. The Kier molecular flexibility index (Phi) is 5.59. The number of ether oxygens (including phenoxy) is 1. The summed E-state index contributed by atoms with van der Waals surface area (Å²) in [5.41, 5.74) is 0. The van der Waals surface area contributed by atoms with Gasteiger partial charge in [0, 0.05) is 11.4 Å². The Morgan fingerprint density at radius 1 is 1.09 bits per heavy atom. The van der Waals surface area contributed by atoms with Crippen molar-refractivity contribution in [3.8, 4) is 0 Å². The van der Waals surface area contributed by atoms with Crippen molar-refractivity contribution in [2.45, 2.75) is 42.7 Å². The first kappa shape index (κ1) is 17.2. The molecule has 1 aromatic carbocycles. The molecule has 2 fully saturated rings. The third kappa shape index (κ3) is 4.25. The second-order valence-electron chi connectivity index (χ2n) is 6.34. The molecule has 2 N–H and O–H groups in total. The number of benzene rings is 1. The van der Waals surface area contributed by atoms with E-state index in [2.05, 4.69) is 4.72 Å². The minimum absolute atomic E-state index is 0.00229. The molecule has 2 aliphatic rings. The first-order valence-electron chi connectivity index (χ1n) is 8.26. The van der Waals surface area contributed by atoms with Crippen molar-refractivity contribution in [3.63, 3.8) is 0 Å². The molecular formula is C16H24ClN2O3S+. The van der Waals surface area contributed by atoms with Crippen LogP contribution in [0.5, 0.6) is 0 Å². The average Bonchev–Trinajstić information content (AvgIpc) is 2.56. The summed E-state index contributed by atoms with van der Waals surface area (Å²) in [6.45, 7) is 3.46. The fraction of sp³-hybridized carbons (Fsp3) is 0.625. The molecule has 1 heterocycles. The van der Waals surface area contributed by atoms with E-state index in [1.54, 1.807) is 24.3 Å². The molecule has 2 atom stereocenters. The van der Waals surface area contributed by atoms with Gasteiger partial charge in [-0.1, -0.05) is 18.0 Å². The van der Waals surface area contributed by atoms with Crippen LogP contribution in [0, 0.1) is 0 Å². The number of rotatable bonds is 4. The molecule has 1 aliphatic heterocycles. The minimum atomic E-state index is -3.50. The fourth-order valence-electron chi connectivity index (χ4n) is 3.65. The van der Waals surface area contributed by atoms with Crippen LogP contribution in [-0.2, 0) is 14.8 Å². The van der Waals surface area contributed by atoms with Crippen molar-refractivity contribution in [3.05, 3.63) is 29.3 Å². The highest BCUT2D eigenvalue weighted by molar-refractivity contribution is 7.89. The van der Waals surface area contributed by atoms with Crippen LogP contribution >= 0.6 is 11.6 Å². The number of hydrogen-bond acceptors (Lipinski definition) is 3. The van der Waals surface area contributed by atoms with Crippen LogP contribution < -0.4 is 9.62 Å². The van der Waals surface area contributed by atoms with Gasteiger partial charge in [0.05, 0.1) is 24.2 Å². The van der Waals surface area contributed by atoms with E-state index in [0.29, 0.717) is 11.1 Å². The van der Waals surface area contributed by atoms with Gasteiger partial charge < -0.3 is 9.64 Å². The summed E-state index contributed by atoms with van der Waals surface area (Å²) >= 11 is 5.85. The van der Waals surface area contributed by atoms with Gasteiger partial charge in [0.25, 0.3) is 0 Å². The predicted molar refractivity (Wildman–Crippen MR) is 89.3 cm³/mol. The largest absolute Gasteiger partial charge is 0.370 e. The zero-order chi connectivity index (χ0) is 16.3. The van der Waals surface area contributed by atoms with Crippen LogP contribution in [0.1, 0.15) is 25.7 Å². The molecule has 0 spiro atoms. The van der Waals surface area contributed by atoms with Gasteiger partial charge in [0.1, 0.15) is 19.1 Å². The van der Waals surface area contributed by atoms with Crippen molar-refractivity contribution >= 4 is 21.6 Å². The van der Waals surface area contributed by atoms with Crippen LogP contribution in [-0.4, -0.2) is 46.8 Å². The lowest BCUT2D eigenvalue weighted by molar-refractivity contribution is -0.935. The van der Waals surface area contributed by atoms with E-state index in [-0.39, 0.29) is 10.9 Å². The molecule has 1 aromatic rings. The standard InChI is InChI=1S/C16H23ClN2O3S/c17-13-5-7-14(8-6-13)23(20,21)18-15-3-1-2-4-16(15)19-9-11-22-12-10-19/h5-8,15-16,18H,1-4,9-12H2/p+1/t15-,16-/m0/s1. The predicted octanol–water partition coefficient (Wildman–Crippen LogP) is 0.845. The summed E-state index contributed by atoms with van der Waals surface area (Å²) in [4.78, 5) is 1.75. The second-order valence-corrected chi connectivity index (χ2v) is 8.49. The molecule has 128 valence electrons. The Morgan fingerprint density at radius 2 is 1.74 bits per heavy atom. The van der Waals surface area contributed by atoms with E-state index >= 15 is 0 Å². The van der Waals surface area contributed by atoms with Gasteiger partial charge in [0.2, 0.25) is 10.0 Å². The third-order valence-electron chi connectivity index (χ3n) is 4.86. The number of quaternary nitrogens is 1. The Hall–Kier alpha value is -0.660. The van der Waals surface area contributed by atoms with E-state index in [0.717, 1.165) is 45.6 Å². The Bertz CT molecular complexity index is 615. The molecule has 5 nitrogen and oxygen atoms in total. The molecule has 0 bridgehead atoms. The summed E-state index contributed by atoms with van der Waals surface area (Å²) < 4.78 is 33.7. The number of morpholine rings is 1. The Labute approximate surface area is 143 Å². The lowest BCUT2D eigenvalue weighted by atomic mass is 9.89. The maximum absolute atomic E-state index is 12.7. The maximum Gasteiger partial charge on any atom is 0.241 e.